The number of benzene rings is 4. The van der Waals surface area contributed by atoms with E-state index in [-0.39, 0.29) is 47.5 Å². The number of ether oxygens (including phenoxy) is 2. The summed E-state index contributed by atoms with van der Waals surface area (Å²) in [5.74, 6) is 1.97. The summed E-state index contributed by atoms with van der Waals surface area (Å²) in [7, 11) is -9.03. The van der Waals surface area contributed by atoms with E-state index in [0.29, 0.717) is 23.0 Å². The SMILES string of the molecule is CCCCCCCCCc1cc(Oc2ccccc2)cc(S(=O)(=O)[O-])c1.CCCCCCCCCc1cc(Oc2ccccc2)cc(S(=O)(=O)[O-])c1.[Ca+2]. The Morgan fingerprint density at radius 3 is 1.08 bits per heavy atom. The first-order valence-corrected chi connectivity index (χ1v) is 21.4. The third-order valence-corrected chi connectivity index (χ3v) is 10.2. The van der Waals surface area contributed by atoms with Crippen LogP contribution in [0.1, 0.15) is 115 Å². The maximum Gasteiger partial charge on any atom is 2.00 e. The van der Waals surface area contributed by atoms with Crippen molar-refractivity contribution in [3.63, 3.8) is 0 Å². The molecule has 0 unspecified atom stereocenters. The molecule has 0 atom stereocenters. The summed E-state index contributed by atoms with van der Waals surface area (Å²) in [6.45, 7) is 4.40. The van der Waals surface area contributed by atoms with Gasteiger partial charge in [-0.2, -0.15) is 0 Å². The van der Waals surface area contributed by atoms with Crippen LogP contribution in [0, 0.1) is 0 Å². The van der Waals surface area contributed by atoms with Gasteiger partial charge in [0, 0.05) is 0 Å². The molecule has 4 rings (SSSR count). The normalized spacial score (nSPS) is 11.2. The summed E-state index contributed by atoms with van der Waals surface area (Å²) >= 11 is 0. The van der Waals surface area contributed by atoms with Crippen molar-refractivity contribution < 1.29 is 35.4 Å². The van der Waals surface area contributed by atoms with Gasteiger partial charge in [-0.05, 0) is 97.5 Å². The summed E-state index contributed by atoms with van der Waals surface area (Å²) in [6, 6.07) is 27.4. The molecule has 0 spiro atoms. The minimum Gasteiger partial charge on any atom is -0.744 e. The van der Waals surface area contributed by atoms with Crippen LogP contribution in [-0.2, 0) is 33.1 Å². The molecular weight excluding hydrogens is 737 g/mol. The van der Waals surface area contributed by atoms with Crippen molar-refractivity contribution in [3.8, 4) is 23.0 Å². The third kappa shape index (κ3) is 19.6. The Labute approximate surface area is 348 Å². The third-order valence-electron chi connectivity index (χ3n) is 8.55. The number of hydrogen-bond acceptors (Lipinski definition) is 8. The zero-order valence-electron chi connectivity index (χ0n) is 31.3. The van der Waals surface area contributed by atoms with E-state index in [1.807, 2.05) is 48.5 Å². The second kappa shape index (κ2) is 25.6. The van der Waals surface area contributed by atoms with Crippen molar-refractivity contribution in [3.05, 3.63) is 108 Å². The van der Waals surface area contributed by atoms with Gasteiger partial charge < -0.3 is 18.6 Å². The zero-order chi connectivity index (χ0) is 37.7. The van der Waals surface area contributed by atoms with Crippen LogP contribution >= 0.6 is 0 Å². The molecule has 0 aliphatic rings. The summed E-state index contributed by atoms with van der Waals surface area (Å²) in [5, 5.41) is 0. The summed E-state index contributed by atoms with van der Waals surface area (Å²) < 4.78 is 80.2. The van der Waals surface area contributed by atoms with Gasteiger partial charge in [0.2, 0.25) is 0 Å². The van der Waals surface area contributed by atoms with Crippen molar-refractivity contribution in [1.29, 1.82) is 0 Å². The first-order valence-electron chi connectivity index (χ1n) is 18.6. The van der Waals surface area contributed by atoms with E-state index in [9.17, 15) is 25.9 Å². The molecule has 0 N–H and O–H groups in total. The van der Waals surface area contributed by atoms with E-state index in [2.05, 4.69) is 13.8 Å². The van der Waals surface area contributed by atoms with Crippen molar-refractivity contribution in [2.24, 2.45) is 0 Å². The van der Waals surface area contributed by atoms with Gasteiger partial charge in [-0.25, -0.2) is 16.8 Å². The first-order chi connectivity index (χ1) is 25.0. The maximum absolute atomic E-state index is 11.5. The summed E-state index contributed by atoms with van der Waals surface area (Å²) in [5.41, 5.74) is 1.64. The quantitative estimate of drug-likeness (QED) is 0.0436. The van der Waals surface area contributed by atoms with Gasteiger partial charge in [0.25, 0.3) is 0 Å². The van der Waals surface area contributed by atoms with Crippen molar-refractivity contribution >= 4 is 58.0 Å². The molecule has 0 amide bonds. The number of para-hydroxylation sites is 2. The molecule has 8 nitrogen and oxygen atoms in total. The Bertz CT molecular complexity index is 1680. The van der Waals surface area contributed by atoms with Crippen LogP contribution in [0.5, 0.6) is 23.0 Å². The van der Waals surface area contributed by atoms with Crippen LogP contribution in [0.4, 0.5) is 0 Å². The predicted octanol–water partition coefficient (Wildman–Crippen LogP) is 11.0. The molecule has 0 saturated heterocycles. The van der Waals surface area contributed by atoms with Gasteiger partial charge in [0.15, 0.2) is 0 Å². The topological polar surface area (TPSA) is 133 Å². The smallest absolute Gasteiger partial charge is 0.744 e. The molecule has 0 bridgehead atoms. The Morgan fingerprint density at radius 2 is 0.755 bits per heavy atom. The maximum atomic E-state index is 11.5. The molecule has 0 heterocycles. The number of hydrogen-bond donors (Lipinski definition) is 0. The van der Waals surface area contributed by atoms with E-state index < -0.39 is 20.2 Å². The van der Waals surface area contributed by atoms with Crippen LogP contribution in [-0.4, -0.2) is 63.7 Å². The molecule has 0 aromatic heterocycles. The van der Waals surface area contributed by atoms with E-state index in [4.69, 9.17) is 9.47 Å². The summed E-state index contributed by atoms with van der Waals surface area (Å²) in [6.07, 6.45) is 18.1. The van der Waals surface area contributed by atoms with Crippen LogP contribution in [0.3, 0.4) is 0 Å². The Hall–Kier alpha value is -2.44. The second-order valence-corrected chi connectivity index (χ2v) is 15.9. The minimum absolute atomic E-state index is 0. The average molecular weight is 791 g/mol. The molecule has 284 valence electrons. The molecule has 4 aromatic carbocycles. The monoisotopic (exact) mass is 790 g/mol. The number of rotatable bonds is 22. The van der Waals surface area contributed by atoms with Gasteiger partial charge in [0.05, 0.1) is 9.79 Å². The van der Waals surface area contributed by atoms with Crippen LogP contribution in [0.2, 0.25) is 0 Å². The molecule has 0 aliphatic heterocycles. The van der Waals surface area contributed by atoms with Gasteiger partial charge in [-0.3, -0.25) is 0 Å². The fourth-order valence-electron chi connectivity index (χ4n) is 5.78. The second-order valence-electron chi connectivity index (χ2n) is 13.1. The summed E-state index contributed by atoms with van der Waals surface area (Å²) in [4.78, 5) is -0.465. The number of aryl methyl sites for hydroxylation is 2. The van der Waals surface area contributed by atoms with Gasteiger partial charge in [-0.15, -0.1) is 0 Å². The van der Waals surface area contributed by atoms with E-state index in [0.717, 1.165) is 49.7 Å². The Kier molecular flexibility index (Phi) is 22.6. The van der Waals surface area contributed by atoms with E-state index in [1.165, 1.54) is 88.5 Å². The van der Waals surface area contributed by atoms with Crippen molar-refractivity contribution in [2.75, 3.05) is 0 Å². The zero-order valence-corrected chi connectivity index (χ0v) is 35.2. The fraction of sp³-hybridized carbons (Fsp3) is 0.429. The largest absolute Gasteiger partial charge is 2.00 e. The molecule has 0 saturated carbocycles. The van der Waals surface area contributed by atoms with E-state index in [1.54, 1.807) is 24.3 Å². The predicted molar refractivity (Wildman–Crippen MR) is 211 cm³/mol. The first kappa shape index (κ1) is 46.7. The van der Waals surface area contributed by atoms with Crippen LogP contribution in [0.15, 0.2) is 107 Å². The minimum atomic E-state index is -4.52. The number of unbranched alkanes of at least 4 members (excludes halogenated alkanes) is 12. The molecule has 0 radical (unpaired) electrons. The fourth-order valence-corrected chi connectivity index (χ4v) is 6.89. The average Bonchev–Trinajstić information content (AvgIpc) is 3.11. The molecular formula is C42H54CaO8S2. The van der Waals surface area contributed by atoms with Crippen LogP contribution in [0.25, 0.3) is 0 Å². The standard InChI is InChI=1S/2C21H28O4S.Ca/c2*1-2-3-4-5-6-7-9-12-18-15-20(17-21(16-18)26(22,23)24)25-19-13-10-8-11-14-19;/h2*8,10-11,13-17H,2-7,9,12H2,1H3,(H,22,23,24);/q;;+2/p-2. The Morgan fingerprint density at radius 1 is 0.434 bits per heavy atom. The van der Waals surface area contributed by atoms with Crippen molar-refractivity contribution in [1.82, 2.24) is 0 Å². The Balaban J connectivity index is 0.000000360. The van der Waals surface area contributed by atoms with Gasteiger partial charge >= 0.3 is 37.7 Å². The molecule has 0 fully saturated rings. The van der Waals surface area contributed by atoms with Crippen molar-refractivity contribution in [2.45, 2.75) is 126 Å². The molecule has 53 heavy (non-hydrogen) atoms. The molecule has 4 aromatic rings. The van der Waals surface area contributed by atoms with Gasteiger partial charge in [-0.1, -0.05) is 127 Å². The molecule has 0 aliphatic carbocycles. The van der Waals surface area contributed by atoms with Crippen LogP contribution < -0.4 is 9.47 Å². The molecule has 11 heteroatoms. The van der Waals surface area contributed by atoms with E-state index >= 15 is 0 Å². The van der Waals surface area contributed by atoms with Gasteiger partial charge in [0.1, 0.15) is 43.2 Å².